The number of nitriles is 1. The third-order valence-electron chi connectivity index (χ3n) is 3.28. The molecular weight excluding hydrogens is 336 g/mol. The van der Waals surface area contributed by atoms with Crippen molar-refractivity contribution < 1.29 is 4.79 Å². The molecule has 0 spiro atoms. The molecule has 0 aliphatic rings. The first-order chi connectivity index (χ1) is 12.2. The molecular formula is C17H14N6OS. The summed E-state index contributed by atoms with van der Waals surface area (Å²) in [6.45, 7) is 1.86. The zero-order valence-electron chi connectivity index (χ0n) is 13.4. The summed E-state index contributed by atoms with van der Waals surface area (Å²) < 4.78 is 1.54. The fourth-order valence-corrected chi connectivity index (χ4v) is 2.86. The Hall–Kier alpha value is -3.18. The number of hydrogen-bond donors (Lipinski definition) is 1. The molecule has 1 N–H and O–H groups in total. The van der Waals surface area contributed by atoms with Crippen LogP contribution in [0.2, 0.25) is 0 Å². The summed E-state index contributed by atoms with van der Waals surface area (Å²) in [7, 11) is 0. The van der Waals surface area contributed by atoms with Crippen molar-refractivity contribution in [1.82, 2.24) is 19.7 Å². The average molecular weight is 350 g/mol. The molecule has 3 aromatic rings. The lowest BCUT2D eigenvalue weighted by Gasteiger charge is -2.09. The van der Waals surface area contributed by atoms with Gasteiger partial charge in [0.25, 0.3) is 0 Å². The summed E-state index contributed by atoms with van der Waals surface area (Å²) in [5, 5.41) is 16.9. The number of aromatic nitrogens is 4. The Balaban J connectivity index is 1.75. The van der Waals surface area contributed by atoms with E-state index in [4.69, 9.17) is 0 Å². The van der Waals surface area contributed by atoms with Crippen molar-refractivity contribution in [2.45, 2.75) is 11.9 Å². The fourth-order valence-electron chi connectivity index (χ4n) is 2.13. The molecule has 3 rings (SSSR count). The summed E-state index contributed by atoms with van der Waals surface area (Å²) in [5.41, 5.74) is 1.91. The number of para-hydroxylation sites is 1. The molecule has 1 aromatic carbocycles. The second-order valence-electron chi connectivity index (χ2n) is 5.10. The smallest absolute Gasteiger partial charge is 0.235 e. The normalized spacial score (nSPS) is 10.2. The Morgan fingerprint density at radius 3 is 2.84 bits per heavy atom. The van der Waals surface area contributed by atoms with Gasteiger partial charge in [-0.3, -0.25) is 4.79 Å². The number of carbonyl (C=O) groups excluding carboxylic acids is 1. The Kier molecular flexibility index (Phi) is 5.06. The van der Waals surface area contributed by atoms with E-state index in [0.29, 0.717) is 11.4 Å². The number of nitrogens with one attached hydrogen (secondary N) is 1. The minimum Gasteiger partial charge on any atom is -0.309 e. The first kappa shape index (κ1) is 16.7. The van der Waals surface area contributed by atoms with Gasteiger partial charge in [0.05, 0.1) is 17.6 Å². The maximum Gasteiger partial charge on any atom is 0.235 e. The van der Waals surface area contributed by atoms with Crippen LogP contribution in [0.4, 0.5) is 5.82 Å². The SMILES string of the molecule is Cc1cc(SCC(=O)Nc2c(C#N)cnn2-c2ccccc2)ncn1. The van der Waals surface area contributed by atoms with Gasteiger partial charge < -0.3 is 5.32 Å². The maximum atomic E-state index is 12.3. The highest BCUT2D eigenvalue weighted by Gasteiger charge is 2.15. The van der Waals surface area contributed by atoms with Crippen LogP contribution in [-0.2, 0) is 4.79 Å². The van der Waals surface area contributed by atoms with Crippen molar-refractivity contribution in [1.29, 1.82) is 5.26 Å². The largest absolute Gasteiger partial charge is 0.309 e. The second-order valence-corrected chi connectivity index (χ2v) is 6.10. The molecule has 8 heteroatoms. The number of anilines is 1. The highest BCUT2D eigenvalue weighted by atomic mass is 32.2. The molecule has 0 saturated heterocycles. The number of amides is 1. The van der Waals surface area contributed by atoms with Crippen LogP contribution in [-0.4, -0.2) is 31.4 Å². The first-order valence-corrected chi connectivity index (χ1v) is 8.41. The van der Waals surface area contributed by atoms with Crippen molar-refractivity contribution >= 4 is 23.5 Å². The predicted molar refractivity (Wildman–Crippen MR) is 94.4 cm³/mol. The van der Waals surface area contributed by atoms with E-state index in [9.17, 15) is 10.1 Å². The van der Waals surface area contributed by atoms with Crippen molar-refractivity contribution in [2.24, 2.45) is 0 Å². The molecule has 2 heterocycles. The van der Waals surface area contributed by atoms with Crippen LogP contribution in [0.5, 0.6) is 0 Å². The highest BCUT2D eigenvalue weighted by molar-refractivity contribution is 7.99. The number of rotatable bonds is 5. The average Bonchev–Trinajstić information content (AvgIpc) is 3.03. The van der Waals surface area contributed by atoms with E-state index >= 15 is 0 Å². The van der Waals surface area contributed by atoms with Gasteiger partial charge in [-0.15, -0.1) is 0 Å². The Labute approximate surface area is 148 Å². The van der Waals surface area contributed by atoms with Crippen LogP contribution in [0, 0.1) is 18.3 Å². The maximum absolute atomic E-state index is 12.3. The summed E-state index contributed by atoms with van der Waals surface area (Å²) in [5.74, 6) is 0.287. The summed E-state index contributed by atoms with van der Waals surface area (Å²) >= 11 is 1.30. The van der Waals surface area contributed by atoms with Gasteiger partial charge >= 0.3 is 0 Å². The quantitative estimate of drug-likeness (QED) is 0.561. The monoisotopic (exact) mass is 350 g/mol. The zero-order valence-corrected chi connectivity index (χ0v) is 14.2. The van der Waals surface area contributed by atoms with Gasteiger partial charge in [0.2, 0.25) is 5.91 Å². The lowest BCUT2D eigenvalue weighted by Crippen LogP contribution is -2.17. The van der Waals surface area contributed by atoms with Crippen molar-refractivity contribution in [3.8, 4) is 11.8 Å². The van der Waals surface area contributed by atoms with Crippen LogP contribution in [0.3, 0.4) is 0 Å². The van der Waals surface area contributed by atoms with Gasteiger partial charge in [-0.05, 0) is 25.1 Å². The summed E-state index contributed by atoms with van der Waals surface area (Å²) in [4.78, 5) is 20.4. The van der Waals surface area contributed by atoms with Gasteiger partial charge in [-0.25, -0.2) is 14.6 Å². The molecule has 0 saturated carbocycles. The van der Waals surface area contributed by atoms with Crippen molar-refractivity contribution in [3.63, 3.8) is 0 Å². The molecule has 0 unspecified atom stereocenters. The van der Waals surface area contributed by atoms with E-state index in [0.717, 1.165) is 16.4 Å². The van der Waals surface area contributed by atoms with Crippen LogP contribution >= 0.6 is 11.8 Å². The van der Waals surface area contributed by atoms with Crippen molar-refractivity contribution in [2.75, 3.05) is 11.1 Å². The Bertz CT molecular complexity index is 932. The number of nitrogens with zero attached hydrogens (tertiary/aromatic N) is 5. The predicted octanol–water partition coefficient (Wildman–Crippen LogP) is 2.57. The number of hydrogen-bond acceptors (Lipinski definition) is 6. The topological polar surface area (TPSA) is 96.5 Å². The van der Waals surface area contributed by atoms with E-state index in [1.165, 1.54) is 29.0 Å². The third-order valence-corrected chi connectivity index (χ3v) is 4.20. The molecule has 0 atom stereocenters. The van der Waals surface area contributed by atoms with Gasteiger partial charge in [-0.1, -0.05) is 30.0 Å². The van der Waals surface area contributed by atoms with Crippen molar-refractivity contribution in [3.05, 3.63) is 60.2 Å². The molecule has 0 bridgehead atoms. The standard InChI is InChI=1S/C17H14N6OS/c1-12-7-16(20-11-19-12)25-10-15(24)22-17-13(8-18)9-21-23(17)14-5-3-2-4-6-14/h2-7,9,11H,10H2,1H3,(H,22,24). The number of aryl methyl sites for hydroxylation is 1. The van der Waals surface area contributed by atoms with E-state index in [1.54, 1.807) is 0 Å². The molecule has 1 amide bonds. The van der Waals surface area contributed by atoms with E-state index in [1.807, 2.05) is 49.4 Å². The minimum atomic E-state index is -0.240. The van der Waals surface area contributed by atoms with Crippen LogP contribution in [0.1, 0.15) is 11.3 Å². The van der Waals surface area contributed by atoms with Crippen LogP contribution < -0.4 is 5.32 Å². The summed E-state index contributed by atoms with van der Waals surface area (Å²) in [6, 6.07) is 13.2. The Morgan fingerprint density at radius 1 is 1.32 bits per heavy atom. The third kappa shape index (κ3) is 4.02. The Morgan fingerprint density at radius 2 is 2.12 bits per heavy atom. The lowest BCUT2D eigenvalue weighted by atomic mass is 10.3. The summed E-state index contributed by atoms with van der Waals surface area (Å²) in [6.07, 6.45) is 2.90. The van der Waals surface area contributed by atoms with Gasteiger partial charge in [0.1, 0.15) is 23.0 Å². The van der Waals surface area contributed by atoms with E-state index < -0.39 is 0 Å². The highest BCUT2D eigenvalue weighted by Crippen LogP contribution is 2.21. The zero-order chi connectivity index (χ0) is 17.6. The molecule has 0 aliphatic carbocycles. The molecule has 25 heavy (non-hydrogen) atoms. The molecule has 0 radical (unpaired) electrons. The first-order valence-electron chi connectivity index (χ1n) is 7.42. The number of thioether (sulfide) groups is 1. The van der Waals surface area contributed by atoms with E-state index in [-0.39, 0.29) is 11.7 Å². The van der Waals surface area contributed by atoms with Crippen LogP contribution in [0.15, 0.2) is 53.9 Å². The fraction of sp³-hybridized carbons (Fsp3) is 0.118. The van der Waals surface area contributed by atoms with Gasteiger partial charge in [0, 0.05) is 5.69 Å². The lowest BCUT2D eigenvalue weighted by molar-refractivity contribution is -0.113. The van der Waals surface area contributed by atoms with Crippen LogP contribution in [0.25, 0.3) is 5.69 Å². The second kappa shape index (κ2) is 7.59. The molecule has 124 valence electrons. The minimum absolute atomic E-state index is 0.168. The molecule has 0 fully saturated rings. The molecule has 0 aliphatic heterocycles. The number of benzene rings is 1. The molecule has 2 aromatic heterocycles. The van der Waals surface area contributed by atoms with E-state index in [2.05, 4.69) is 20.4 Å². The molecule has 7 nitrogen and oxygen atoms in total. The van der Waals surface area contributed by atoms with Gasteiger partial charge in [0.15, 0.2) is 5.82 Å². The van der Waals surface area contributed by atoms with Gasteiger partial charge in [-0.2, -0.15) is 10.4 Å². The number of carbonyl (C=O) groups is 1.